The van der Waals surface area contributed by atoms with Crippen LogP contribution < -0.4 is 0 Å². The van der Waals surface area contributed by atoms with Crippen molar-refractivity contribution < 1.29 is 23.9 Å². The second kappa shape index (κ2) is 7.06. The molecule has 5 heteroatoms. The number of esters is 2. The molecular weight excluding hydrogens is 344 g/mol. The zero-order valence-electron chi connectivity index (χ0n) is 17.2. The lowest BCUT2D eigenvalue weighted by Crippen LogP contribution is -2.59. The van der Waals surface area contributed by atoms with Gasteiger partial charge in [0.25, 0.3) is 0 Å². The molecule has 5 nitrogen and oxygen atoms in total. The third-order valence-electron chi connectivity index (χ3n) is 8.06. The Hall–Kier alpha value is -1.65. The molecule has 3 unspecified atom stereocenters. The molecular formula is C22H32O5. The highest BCUT2D eigenvalue weighted by Gasteiger charge is 2.62. The fraction of sp³-hybridized carbons (Fsp3) is 0.773. The smallest absolute Gasteiger partial charge is 0.330 e. The molecule has 0 bridgehead atoms. The van der Waals surface area contributed by atoms with Crippen molar-refractivity contribution in [2.24, 2.45) is 34.5 Å². The second-order valence-corrected chi connectivity index (χ2v) is 9.19. The van der Waals surface area contributed by atoms with Crippen molar-refractivity contribution in [1.82, 2.24) is 0 Å². The van der Waals surface area contributed by atoms with Gasteiger partial charge in [0.05, 0.1) is 19.6 Å². The summed E-state index contributed by atoms with van der Waals surface area (Å²) in [6.07, 6.45) is 6.50. The van der Waals surface area contributed by atoms with Gasteiger partial charge in [0.15, 0.2) is 0 Å². The van der Waals surface area contributed by atoms with Gasteiger partial charge in [0, 0.05) is 18.4 Å². The molecule has 0 aromatic heterocycles. The van der Waals surface area contributed by atoms with E-state index in [-0.39, 0.29) is 46.8 Å². The van der Waals surface area contributed by atoms with Crippen LogP contribution in [0.2, 0.25) is 0 Å². The Labute approximate surface area is 161 Å². The molecule has 3 rings (SSSR count). The molecule has 27 heavy (non-hydrogen) atoms. The van der Waals surface area contributed by atoms with Crippen LogP contribution in [0.1, 0.15) is 59.3 Å². The minimum Gasteiger partial charge on any atom is -0.469 e. The van der Waals surface area contributed by atoms with Gasteiger partial charge in [-0.15, -0.1) is 0 Å². The van der Waals surface area contributed by atoms with Crippen LogP contribution in [0, 0.1) is 34.5 Å². The van der Waals surface area contributed by atoms with Crippen LogP contribution in [0.15, 0.2) is 11.6 Å². The highest BCUT2D eigenvalue weighted by molar-refractivity contribution is 5.87. The lowest BCUT2D eigenvalue weighted by molar-refractivity contribution is -0.178. The molecule has 3 aliphatic rings. The van der Waals surface area contributed by atoms with E-state index in [1.165, 1.54) is 14.2 Å². The molecule has 3 aliphatic carbocycles. The van der Waals surface area contributed by atoms with Gasteiger partial charge in [-0.2, -0.15) is 0 Å². The number of Topliss-reactive ketones (excluding diaryl/α,β-unsaturated/α-hetero) is 1. The summed E-state index contributed by atoms with van der Waals surface area (Å²) in [6, 6.07) is 0. The summed E-state index contributed by atoms with van der Waals surface area (Å²) in [5, 5.41) is 0. The molecule has 3 fully saturated rings. The van der Waals surface area contributed by atoms with Crippen LogP contribution in [-0.2, 0) is 23.9 Å². The molecule has 0 aromatic carbocycles. The van der Waals surface area contributed by atoms with Crippen molar-refractivity contribution >= 4 is 17.7 Å². The normalized spacial score (nSPS) is 42.9. The Morgan fingerprint density at radius 1 is 1.15 bits per heavy atom. The maximum Gasteiger partial charge on any atom is 0.330 e. The molecule has 150 valence electrons. The topological polar surface area (TPSA) is 69.7 Å². The fourth-order valence-corrected chi connectivity index (χ4v) is 6.60. The quantitative estimate of drug-likeness (QED) is 0.543. The molecule has 0 radical (unpaired) electrons. The fourth-order valence-electron chi connectivity index (χ4n) is 6.60. The van der Waals surface area contributed by atoms with E-state index in [0.29, 0.717) is 6.42 Å². The summed E-state index contributed by atoms with van der Waals surface area (Å²) >= 11 is 0. The van der Waals surface area contributed by atoms with Gasteiger partial charge in [-0.05, 0) is 55.8 Å². The maximum absolute atomic E-state index is 13.2. The Morgan fingerprint density at radius 2 is 1.85 bits per heavy atom. The summed E-state index contributed by atoms with van der Waals surface area (Å²) < 4.78 is 9.93. The van der Waals surface area contributed by atoms with Crippen molar-refractivity contribution in [3.05, 3.63) is 11.6 Å². The predicted molar refractivity (Wildman–Crippen MR) is 101 cm³/mol. The molecule has 0 N–H and O–H groups in total. The highest BCUT2D eigenvalue weighted by atomic mass is 16.5. The standard InChI is InChI=1S/C22H32O5/c1-13-14(11-18(24)26-4)7-8-15-19(13)16(23)12-17-21(15,2)9-6-10-22(17,3)20(25)27-5/h11,13,15,17,19H,6-10,12H2,1-5H3/b14-11+/t13?,15?,17?,19-,21+,22+/m0/s1. The monoisotopic (exact) mass is 376 g/mol. The minimum absolute atomic E-state index is 0.0262. The van der Waals surface area contributed by atoms with Crippen LogP contribution in [0.25, 0.3) is 0 Å². The van der Waals surface area contributed by atoms with Crippen LogP contribution in [0.5, 0.6) is 0 Å². The largest absolute Gasteiger partial charge is 0.469 e. The molecule has 0 amide bonds. The number of rotatable bonds is 2. The van der Waals surface area contributed by atoms with Crippen molar-refractivity contribution in [2.45, 2.75) is 59.3 Å². The van der Waals surface area contributed by atoms with E-state index in [4.69, 9.17) is 9.47 Å². The summed E-state index contributed by atoms with van der Waals surface area (Å²) in [7, 11) is 2.82. The summed E-state index contributed by atoms with van der Waals surface area (Å²) in [5.74, 6) is -0.0488. The Balaban J connectivity index is 1.96. The first kappa shape index (κ1) is 20.1. The summed E-state index contributed by atoms with van der Waals surface area (Å²) in [6.45, 7) is 6.34. The minimum atomic E-state index is -0.590. The Morgan fingerprint density at radius 3 is 2.48 bits per heavy atom. The number of fused-ring (bicyclic) bond motifs is 3. The van der Waals surface area contributed by atoms with Gasteiger partial charge < -0.3 is 9.47 Å². The number of allylic oxidation sites excluding steroid dienone is 1. The Kier molecular flexibility index (Phi) is 5.26. The van der Waals surface area contributed by atoms with Crippen LogP contribution in [0.4, 0.5) is 0 Å². The average Bonchev–Trinajstić information content (AvgIpc) is 2.64. The Bertz CT molecular complexity index is 680. The van der Waals surface area contributed by atoms with Crippen molar-refractivity contribution in [1.29, 1.82) is 0 Å². The first-order valence-corrected chi connectivity index (χ1v) is 10.1. The van der Waals surface area contributed by atoms with E-state index in [1.807, 2.05) is 6.92 Å². The van der Waals surface area contributed by atoms with Crippen LogP contribution in [-0.4, -0.2) is 31.9 Å². The first-order chi connectivity index (χ1) is 12.7. The molecule has 3 saturated carbocycles. The van der Waals surface area contributed by atoms with E-state index in [9.17, 15) is 14.4 Å². The maximum atomic E-state index is 13.2. The number of hydrogen-bond donors (Lipinski definition) is 0. The molecule has 0 spiro atoms. The molecule has 0 aromatic rings. The number of methoxy groups -OCH3 is 2. The van der Waals surface area contributed by atoms with Crippen molar-refractivity contribution in [3.63, 3.8) is 0 Å². The molecule has 0 heterocycles. The summed E-state index contributed by atoms with van der Waals surface area (Å²) in [4.78, 5) is 37.6. The van der Waals surface area contributed by atoms with Gasteiger partial charge in [-0.3, -0.25) is 9.59 Å². The number of ether oxygens (including phenoxy) is 2. The average molecular weight is 376 g/mol. The number of carbonyl (C=O) groups excluding carboxylic acids is 3. The third-order valence-corrected chi connectivity index (χ3v) is 8.06. The van der Waals surface area contributed by atoms with Gasteiger partial charge in [0.2, 0.25) is 0 Å². The molecule has 0 saturated heterocycles. The van der Waals surface area contributed by atoms with Gasteiger partial charge in [-0.1, -0.05) is 25.8 Å². The second-order valence-electron chi connectivity index (χ2n) is 9.19. The SMILES string of the molecule is COC(=O)/C=C1\CCC2[C@@H](C(=O)CC3[C@]2(C)CCC[C@@]3(C)C(=O)OC)C1C. The van der Waals surface area contributed by atoms with E-state index in [2.05, 4.69) is 13.8 Å². The number of hydrogen-bond acceptors (Lipinski definition) is 5. The summed E-state index contributed by atoms with van der Waals surface area (Å²) in [5.41, 5.74) is 0.378. The van der Waals surface area contributed by atoms with E-state index in [0.717, 1.165) is 37.7 Å². The highest BCUT2D eigenvalue weighted by Crippen LogP contribution is 2.64. The van der Waals surface area contributed by atoms with Gasteiger partial charge in [0.1, 0.15) is 5.78 Å². The van der Waals surface area contributed by atoms with Crippen LogP contribution >= 0.6 is 0 Å². The number of ketones is 1. The van der Waals surface area contributed by atoms with E-state index < -0.39 is 5.41 Å². The van der Waals surface area contributed by atoms with Gasteiger partial charge in [-0.25, -0.2) is 4.79 Å². The molecule has 6 atom stereocenters. The van der Waals surface area contributed by atoms with E-state index >= 15 is 0 Å². The van der Waals surface area contributed by atoms with Crippen molar-refractivity contribution in [3.8, 4) is 0 Å². The first-order valence-electron chi connectivity index (χ1n) is 10.1. The van der Waals surface area contributed by atoms with Gasteiger partial charge >= 0.3 is 11.9 Å². The molecule has 0 aliphatic heterocycles. The zero-order valence-corrected chi connectivity index (χ0v) is 17.2. The lowest BCUT2D eigenvalue weighted by Gasteiger charge is -2.60. The number of carbonyl (C=O) groups is 3. The van der Waals surface area contributed by atoms with Crippen molar-refractivity contribution in [2.75, 3.05) is 14.2 Å². The zero-order chi connectivity index (χ0) is 20.0. The predicted octanol–water partition coefficient (Wildman–Crippen LogP) is 3.71. The lowest BCUT2D eigenvalue weighted by atomic mass is 9.43. The third kappa shape index (κ3) is 3.03. The van der Waals surface area contributed by atoms with E-state index in [1.54, 1.807) is 6.08 Å². The van der Waals surface area contributed by atoms with Crippen LogP contribution in [0.3, 0.4) is 0 Å².